The largest absolute Gasteiger partial charge is 0.394 e. The second-order valence-corrected chi connectivity index (χ2v) is 15.3. The topological polar surface area (TPSA) is 333 Å². The lowest BCUT2D eigenvalue weighted by Gasteiger charge is -2.48. The summed E-state index contributed by atoms with van der Waals surface area (Å²) in [6.45, 7) is -1.03. The molecule has 0 bridgehead atoms. The molecule has 0 radical (unpaired) electrons. The van der Waals surface area contributed by atoms with Gasteiger partial charge in [-0.05, 0) is 12.8 Å². The van der Waals surface area contributed by atoms with E-state index in [-0.39, 0.29) is 6.54 Å². The highest BCUT2D eigenvalue weighted by molar-refractivity contribution is 5.78. The third-order valence-electron chi connectivity index (χ3n) is 10.8. The SMILES string of the molecule is CCCCCCCCCCCCCC=C[C@@H](O)[C@H](CO[C@@H]1O[C@H](CO)[C@@H](O[C@@H]2O[C@H](CO)[C@H](O[C@H]3O[C@H](CO)[C@H](O)[C@H](O)[C@H]3O)[C@H](O)[C@H]2O)[C@H](O)[C@H]1O)NC(=O)CN. The monoisotopic (exact) mass is 842 g/mol. The van der Waals surface area contributed by atoms with E-state index >= 15 is 0 Å². The number of aliphatic hydroxyl groups is 11. The molecular formula is C38H70N2O18. The highest BCUT2D eigenvalue weighted by atomic mass is 16.8. The molecule has 3 rings (SSSR count). The fourth-order valence-corrected chi connectivity index (χ4v) is 7.17. The van der Waals surface area contributed by atoms with Crippen molar-refractivity contribution in [2.24, 2.45) is 5.73 Å². The summed E-state index contributed by atoms with van der Waals surface area (Å²) in [6.07, 6.45) is -9.67. The summed E-state index contributed by atoms with van der Waals surface area (Å²) >= 11 is 0. The summed E-state index contributed by atoms with van der Waals surface area (Å²) in [5, 5.41) is 118. The van der Waals surface area contributed by atoms with Crippen molar-refractivity contribution in [1.29, 1.82) is 0 Å². The van der Waals surface area contributed by atoms with Crippen LogP contribution in [0.3, 0.4) is 0 Å². The number of carbonyl (C=O) groups excluding carboxylic acids is 1. The van der Waals surface area contributed by atoms with E-state index in [4.69, 9.17) is 34.2 Å². The second-order valence-electron chi connectivity index (χ2n) is 15.3. The Morgan fingerprint density at radius 1 is 0.638 bits per heavy atom. The maximum atomic E-state index is 12.2. The van der Waals surface area contributed by atoms with Crippen molar-refractivity contribution in [2.75, 3.05) is 33.0 Å². The number of allylic oxidation sites excluding steroid dienone is 1. The van der Waals surface area contributed by atoms with Crippen LogP contribution in [0.4, 0.5) is 0 Å². The van der Waals surface area contributed by atoms with Crippen molar-refractivity contribution in [3.8, 4) is 0 Å². The van der Waals surface area contributed by atoms with Gasteiger partial charge in [0.1, 0.15) is 73.2 Å². The number of rotatable bonds is 26. The molecule has 3 saturated heterocycles. The minimum absolute atomic E-state index is 0.375. The first kappa shape index (κ1) is 50.8. The fourth-order valence-electron chi connectivity index (χ4n) is 7.17. The standard InChI is InChI=1S/C38H70N2O18/c1-2-3-4-5-6-7-8-9-10-11-12-13-14-15-22(44)21(40-26(45)16-39)20-53-36-32(51)29(48)34(24(18-42)55-36)58-38-33(52)30(49)35(25(19-43)56-38)57-37-31(50)28(47)27(46)23(17-41)54-37/h14-15,21-25,27-38,41-44,46-52H,2-13,16-20,39H2,1H3,(H,40,45)/t21-,22+,23+,24+,25+,27-,28-,29+,30+,31+,32+,33+,34+,35-,36+,37+,38-/m0/s1. The minimum atomic E-state index is -1.98. The molecule has 0 aromatic carbocycles. The highest BCUT2D eigenvalue weighted by Crippen LogP contribution is 2.32. The first-order valence-corrected chi connectivity index (χ1v) is 20.6. The first-order valence-electron chi connectivity index (χ1n) is 20.6. The number of ether oxygens (including phenoxy) is 6. The zero-order chi connectivity index (χ0) is 42.8. The van der Waals surface area contributed by atoms with Crippen LogP contribution in [0.15, 0.2) is 12.2 Å². The van der Waals surface area contributed by atoms with Crippen LogP contribution in [0.2, 0.25) is 0 Å². The number of amides is 1. The maximum absolute atomic E-state index is 12.2. The third kappa shape index (κ3) is 14.8. The summed E-state index contributed by atoms with van der Waals surface area (Å²) in [4.78, 5) is 12.2. The van der Waals surface area contributed by atoms with Crippen LogP contribution < -0.4 is 11.1 Å². The van der Waals surface area contributed by atoms with Gasteiger partial charge in [-0.15, -0.1) is 0 Å². The van der Waals surface area contributed by atoms with E-state index in [1.165, 1.54) is 57.4 Å². The van der Waals surface area contributed by atoms with Gasteiger partial charge in [0.25, 0.3) is 0 Å². The van der Waals surface area contributed by atoms with E-state index in [0.29, 0.717) is 6.42 Å². The molecule has 0 aromatic heterocycles. The van der Waals surface area contributed by atoms with Gasteiger partial charge in [0, 0.05) is 0 Å². The third-order valence-corrected chi connectivity index (χ3v) is 10.8. The molecule has 20 heteroatoms. The van der Waals surface area contributed by atoms with Crippen molar-refractivity contribution in [3.63, 3.8) is 0 Å². The summed E-state index contributed by atoms with van der Waals surface area (Å²) in [5.74, 6) is -0.589. The summed E-state index contributed by atoms with van der Waals surface area (Å²) < 4.78 is 33.5. The normalized spacial score (nSPS) is 36.9. The Morgan fingerprint density at radius 3 is 1.59 bits per heavy atom. The Hall–Kier alpha value is -1.51. The van der Waals surface area contributed by atoms with Gasteiger partial charge >= 0.3 is 0 Å². The predicted octanol–water partition coefficient (Wildman–Crippen LogP) is -3.49. The van der Waals surface area contributed by atoms with Crippen molar-refractivity contribution >= 4 is 5.91 Å². The summed E-state index contributed by atoms with van der Waals surface area (Å²) in [6, 6.07) is -1.04. The molecule has 340 valence electrons. The van der Waals surface area contributed by atoms with Gasteiger partial charge in [-0.25, -0.2) is 0 Å². The molecule has 20 nitrogen and oxygen atoms in total. The molecule has 0 aromatic rings. The molecule has 17 atom stereocenters. The van der Waals surface area contributed by atoms with Crippen LogP contribution in [0.1, 0.15) is 84.0 Å². The molecule has 3 fully saturated rings. The van der Waals surface area contributed by atoms with Crippen LogP contribution in [-0.2, 0) is 33.2 Å². The number of hydrogen-bond acceptors (Lipinski definition) is 19. The van der Waals surface area contributed by atoms with E-state index in [9.17, 15) is 61.0 Å². The van der Waals surface area contributed by atoms with Gasteiger partial charge in [0.15, 0.2) is 18.9 Å². The highest BCUT2D eigenvalue weighted by Gasteiger charge is 2.53. The molecule has 3 heterocycles. The van der Waals surface area contributed by atoms with Crippen molar-refractivity contribution in [2.45, 2.75) is 188 Å². The molecule has 0 spiro atoms. The molecule has 1 amide bonds. The van der Waals surface area contributed by atoms with Gasteiger partial charge in [-0.3, -0.25) is 4.79 Å². The number of carbonyl (C=O) groups is 1. The zero-order valence-electron chi connectivity index (χ0n) is 33.3. The van der Waals surface area contributed by atoms with Gasteiger partial charge in [-0.2, -0.15) is 0 Å². The quantitative estimate of drug-likeness (QED) is 0.0297. The maximum Gasteiger partial charge on any atom is 0.234 e. The van der Waals surface area contributed by atoms with Gasteiger partial charge in [0.05, 0.1) is 45.1 Å². The first-order chi connectivity index (χ1) is 27.8. The molecule has 3 aliphatic heterocycles. The van der Waals surface area contributed by atoms with Crippen molar-refractivity contribution in [3.05, 3.63) is 12.2 Å². The van der Waals surface area contributed by atoms with Crippen molar-refractivity contribution < 1.29 is 89.4 Å². The molecule has 58 heavy (non-hydrogen) atoms. The minimum Gasteiger partial charge on any atom is -0.394 e. The molecule has 0 unspecified atom stereocenters. The number of nitrogens with one attached hydrogen (secondary N) is 1. The Labute approximate surface area is 339 Å². The molecule has 3 aliphatic rings. The van der Waals surface area contributed by atoms with Gasteiger partial charge < -0.3 is 95.6 Å². The lowest BCUT2D eigenvalue weighted by Crippen LogP contribution is -2.66. The van der Waals surface area contributed by atoms with Gasteiger partial charge in [-0.1, -0.05) is 83.3 Å². The van der Waals surface area contributed by atoms with Crippen LogP contribution in [-0.4, -0.2) is 199 Å². The van der Waals surface area contributed by atoms with E-state index in [2.05, 4.69) is 12.2 Å². The number of hydrogen-bond donors (Lipinski definition) is 13. The van der Waals surface area contributed by atoms with E-state index in [1.54, 1.807) is 0 Å². The van der Waals surface area contributed by atoms with Crippen molar-refractivity contribution in [1.82, 2.24) is 5.32 Å². The van der Waals surface area contributed by atoms with Crippen LogP contribution >= 0.6 is 0 Å². The van der Waals surface area contributed by atoms with Crippen LogP contribution in [0.25, 0.3) is 0 Å². The number of nitrogens with two attached hydrogens (primary N) is 1. The Bertz CT molecular complexity index is 1150. The second kappa shape index (κ2) is 26.7. The molecule has 14 N–H and O–H groups in total. The molecule has 0 saturated carbocycles. The smallest absolute Gasteiger partial charge is 0.234 e. The molecular weight excluding hydrogens is 772 g/mol. The van der Waals surface area contributed by atoms with Gasteiger partial charge in [0.2, 0.25) is 5.91 Å². The summed E-state index contributed by atoms with van der Waals surface area (Å²) in [5.41, 5.74) is 5.47. The lowest BCUT2D eigenvalue weighted by atomic mass is 9.96. The van der Waals surface area contributed by atoms with Crippen LogP contribution in [0.5, 0.6) is 0 Å². The van der Waals surface area contributed by atoms with E-state index in [1.807, 2.05) is 6.08 Å². The Kier molecular flexibility index (Phi) is 23.4. The fraction of sp³-hybridized carbons (Fsp3) is 0.921. The molecule has 0 aliphatic carbocycles. The Morgan fingerprint density at radius 2 is 1.09 bits per heavy atom. The predicted molar refractivity (Wildman–Crippen MR) is 202 cm³/mol. The summed E-state index contributed by atoms with van der Waals surface area (Å²) in [7, 11) is 0. The zero-order valence-corrected chi connectivity index (χ0v) is 33.3. The number of unbranched alkanes of at least 4 members (excludes halogenated alkanes) is 11. The average molecular weight is 843 g/mol. The Balaban J connectivity index is 1.53. The average Bonchev–Trinajstić information content (AvgIpc) is 3.22. The van der Waals surface area contributed by atoms with Crippen LogP contribution in [0, 0.1) is 0 Å². The van der Waals surface area contributed by atoms with E-state index < -0.39 is 137 Å². The lowest BCUT2D eigenvalue weighted by molar-refractivity contribution is -0.379. The van der Waals surface area contributed by atoms with E-state index in [0.717, 1.165) is 19.3 Å². The number of aliphatic hydroxyl groups excluding tert-OH is 11.